The van der Waals surface area contributed by atoms with Gasteiger partial charge in [-0.1, -0.05) is 12.1 Å². The first kappa shape index (κ1) is 13.8. The number of carboxylic acid groups (broad SMARTS) is 1. The molecule has 0 saturated heterocycles. The second-order valence-electron chi connectivity index (χ2n) is 3.64. The molecule has 0 aliphatic carbocycles. The SMILES string of the molecule is CC(=O)N/C(=C/c1ccc(C)c(F)c1F)C(=O)O. The van der Waals surface area contributed by atoms with E-state index in [9.17, 15) is 18.4 Å². The van der Waals surface area contributed by atoms with E-state index in [2.05, 4.69) is 0 Å². The summed E-state index contributed by atoms with van der Waals surface area (Å²) in [6.07, 6.45) is 0.863. The van der Waals surface area contributed by atoms with Crippen molar-refractivity contribution in [2.75, 3.05) is 0 Å². The quantitative estimate of drug-likeness (QED) is 0.810. The highest BCUT2D eigenvalue weighted by atomic mass is 19.2. The van der Waals surface area contributed by atoms with Crippen LogP contribution >= 0.6 is 0 Å². The number of rotatable bonds is 3. The van der Waals surface area contributed by atoms with E-state index >= 15 is 0 Å². The summed E-state index contributed by atoms with van der Waals surface area (Å²) < 4.78 is 26.8. The van der Waals surface area contributed by atoms with Crippen LogP contribution in [0.15, 0.2) is 17.8 Å². The zero-order valence-electron chi connectivity index (χ0n) is 9.75. The van der Waals surface area contributed by atoms with E-state index in [4.69, 9.17) is 5.11 Å². The van der Waals surface area contributed by atoms with Gasteiger partial charge in [0, 0.05) is 12.5 Å². The minimum atomic E-state index is -1.44. The number of carbonyl (C=O) groups is 2. The lowest BCUT2D eigenvalue weighted by molar-refractivity contribution is -0.134. The van der Waals surface area contributed by atoms with Crippen LogP contribution in [-0.2, 0) is 9.59 Å². The molecule has 0 spiro atoms. The van der Waals surface area contributed by atoms with Crippen LogP contribution in [0, 0.1) is 18.6 Å². The van der Waals surface area contributed by atoms with Gasteiger partial charge in [0.15, 0.2) is 11.6 Å². The average molecular weight is 255 g/mol. The highest BCUT2D eigenvalue weighted by Gasteiger charge is 2.13. The average Bonchev–Trinajstić information content (AvgIpc) is 2.28. The third-order valence-electron chi connectivity index (χ3n) is 2.15. The van der Waals surface area contributed by atoms with Crippen molar-refractivity contribution in [2.24, 2.45) is 0 Å². The van der Waals surface area contributed by atoms with Gasteiger partial charge < -0.3 is 10.4 Å². The molecule has 6 heteroatoms. The summed E-state index contributed by atoms with van der Waals surface area (Å²) in [5, 5.41) is 10.8. The van der Waals surface area contributed by atoms with Crippen molar-refractivity contribution in [1.82, 2.24) is 5.32 Å². The van der Waals surface area contributed by atoms with Gasteiger partial charge in [0.2, 0.25) is 5.91 Å². The van der Waals surface area contributed by atoms with Gasteiger partial charge in [0.1, 0.15) is 5.70 Å². The van der Waals surface area contributed by atoms with E-state index in [1.54, 1.807) is 0 Å². The van der Waals surface area contributed by atoms with Gasteiger partial charge in [0.05, 0.1) is 0 Å². The highest BCUT2D eigenvalue weighted by molar-refractivity contribution is 5.96. The Morgan fingerprint density at radius 1 is 1.28 bits per heavy atom. The van der Waals surface area contributed by atoms with Crippen LogP contribution in [0.3, 0.4) is 0 Å². The third kappa shape index (κ3) is 3.13. The maximum absolute atomic E-state index is 13.5. The zero-order valence-corrected chi connectivity index (χ0v) is 9.75. The summed E-state index contributed by atoms with van der Waals surface area (Å²) in [4.78, 5) is 21.6. The Hall–Kier alpha value is -2.24. The van der Waals surface area contributed by atoms with Crippen LogP contribution < -0.4 is 5.32 Å². The van der Waals surface area contributed by atoms with Crippen LogP contribution in [-0.4, -0.2) is 17.0 Å². The van der Waals surface area contributed by atoms with E-state index in [1.165, 1.54) is 19.1 Å². The number of amides is 1. The summed E-state index contributed by atoms with van der Waals surface area (Å²) in [6.45, 7) is 2.50. The predicted octanol–water partition coefficient (Wildman–Crippen LogP) is 1.83. The summed E-state index contributed by atoms with van der Waals surface area (Å²) in [5.74, 6) is -4.25. The molecule has 0 aliphatic rings. The van der Waals surface area contributed by atoms with Gasteiger partial charge in [-0.25, -0.2) is 13.6 Å². The van der Waals surface area contributed by atoms with Crippen molar-refractivity contribution in [3.63, 3.8) is 0 Å². The summed E-state index contributed by atoms with van der Waals surface area (Å²) in [7, 11) is 0. The first-order valence-corrected chi connectivity index (χ1v) is 5.00. The lowest BCUT2D eigenvalue weighted by Gasteiger charge is -2.05. The molecule has 1 amide bonds. The van der Waals surface area contributed by atoms with Crippen LogP contribution in [0.25, 0.3) is 6.08 Å². The van der Waals surface area contributed by atoms with E-state index in [1.807, 2.05) is 5.32 Å². The molecule has 2 N–H and O–H groups in total. The van der Waals surface area contributed by atoms with Gasteiger partial charge in [-0.05, 0) is 18.6 Å². The predicted molar refractivity (Wildman–Crippen MR) is 60.5 cm³/mol. The summed E-state index contributed by atoms with van der Waals surface area (Å²) >= 11 is 0. The molecule has 1 aromatic rings. The molecule has 0 aliphatic heterocycles. The molecule has 0 aromatic heterocycles. The molecule has 0 radical (unpaired) electrons. The van der Waals surface area contributed by atoms with E-state index in [0.29, 0.717) is 0 Å². The van der Waals surface area contributed by atoms with Gasteiger partial charge >= 0.3 is 5.97 Å². The molecule has 1 rings (SSSR count). The molecule has 18 heavy (non-hydrogen) atoms. The van der Waals surface area contributed by atoms with E-state index in [-0.39, 0.29) is 11.1 Å². The Morgan fingerprint density at radius 3 is 2.39 bits per heavy atom. The van der Waals surface area contributed by atoms with E-state index < -0.39 is 29.2 Å². The molecule has 0 heterocycles. The van der Waals surface area contributed by atoms with Crippen LogP contribution in [0.5, 0.6) is 0 Å². The fourth-order valence-corrected chi connectivity index (χ4v) is 1.27. The number of aliphatic carboxylic acids is 1. The zero-order chi connectivity index (χ0) is 13.9. The Kier molecular flexibility index (Phi) is 4.14. The lowest BCUT2D eigenvalue weighted by Crippen LogP contribution is -2.24. The Balaban J connectivity index is 3.24. The number of hydrogen-bond donors (Lipinski definition) is 2. The number of hydrogen-bond acceptors (Lipinski definition) is 2. The van der Waals surface area contributed by atoms with Gasteiger partial charge in [-0.15, -0.1) is 0 Å². The van der Waals surface area contributed by atoms with Crippen molar-refractivity contribution < 1.29 is 23.5 Å². The second kappa shape index (κ2) is 5.39. The number of aryl methyl sites for hydroxylation is 1. The fourth-order valence-electron chi connectivity index (χ4n) is 1.27. The smallest absolute Gasteiger partial charge is 0.352 e. The summed E-state index contributed by atoms with van der Waals surface area (Å²) in [5.41, 5.74) is -0.657. The Labute approximate surface area is 102 Å². The number of carbonyl (C=O) groups excluding carboxylic acids is 1. The minimum Gasteiger partial charge on any atom is -0.477 e. The first-order valence-electron chi connectivity index (χ1n) is 5.00. The van der Waals surface area contributed by atoms with Gasteiger partial charge in [0.25, 0.3) is 0 Å². The van der Waals surface area contributed by atoms with Crippen LogP contribution in [0.1, 0.15) is 18.1 Å². The Bertz CT molecular complexity index is 538. The minimum absolute atomic E-state index is 0.112. The molecular weight excluding hydrogens is 244 g/mol. The van der Waals surface area contributed by atoms with Crippen molar-refractivity contribution in [1.29, 1.82) is 0 Å². The fraction of sp³-hybridized carbons (Fsp3) is 0.167. The molecule has 0 atom stereocenters. The van der Waals surface area contributed by atoms with Crippen molar-refractivity contribution >= 4 is 18.0 Å². The number of halogens is 2. The monoisotopic (exact) mass is 255 g/mol. The summed E-state index contributed by atoms with van der Waals surface area (Å²) in [6, 6.07) is 2.55. The van der Waals surface area contributed by atoms with Crippen molar-refractivity contribution in [3.05, 3.63) is 40.6 Å². The molecule has 0 saturated carbocycles. The number of carboxylic acids is 1. The molecule has 96 valence electrons. The molecule has 1 aromatic carbocycles. The topological polar surface area (TPSA) is 66.4 Å². The second-order valence-corrected chi connectivity index (χ2v) is 3.64. The van der Waals surface area contributed by atoms with Gasteiger partial charge in [-0.2, -0.15) is 0 Å². The maximum atomic E-state index is 13.5. The van der Waals surface area contributed by atoms with Crippen molar-refractivity contribution in [3.8, 4) is 0 Å². The molecule has 0 unspecified atom stereocenters. The molecule has 4 nitrogen and oxygen atoms in total. The van der Waals surface area contributed by atoms with Gasteiger partial charge in [-0.3, -0.25) is 4.79 Å². The Morgan fingerprint density at radius 2 is 1.89 bits per heavy atom. The number of nitrogens with one attached hydrogen (secondary N) is 1. The molecule has 0 fully saturated rings. The highest BCUT2D eigenvalue weighted by Crippen LogP contribution is 2.17. The van der Waals surface area contributed by atoms with Crippen molar-refractivity contribution in [2.45, 2.75) is 13.8 Å². The molecule has 0 bridgehead atoms. The largest absolute Gasteiger partial charge is 0.477 e. The van der Waals surface area contributed by atoms with Crippen LogP contribution in [0.4, 0.5) is 8.78 Å². The normalized spacial score (nSPS) is 11.2. The maximum Gasteiger partial charge on any atom is 0.352 e. The lowest BCUT2D eigenvalue weighted by atomic mass is 10.1. The van der Waals surface area contributed by atoms with Crippen LogP contribution in [0.2, 0.25) is 0 Å². The number of benzene rings is 1. The standard InChI is InChI=1S/C12H11F2NO3/c1-6-3-4-8(11(14)10(6)13)5-9(12(17)18)15-7(2)16/h3-5H,1-2H3,(H,15,16)(H,17,18)/b9-5+. The molecular formula is C12H11F2NO3. The first-order chi connectivity index (χ1) is 8.32. The third-order valence-corrected chi connectivity index (χ3v) is 2.15. The van der Waals surface area contributed by atoms with E-state index in [0.717, 1.165) is 13.0 Å².